The summed E-state index contributed by atoms with van der Waals surface area (Å²) in [7, 11) is 1.28. The Balaban J connectivity index is 2.68. The maximum Gasteiger partial charge on any atom is 0.307 e. The molecule has 0 bridgehead atoms. The van der Waals surface area contributed by atoms with E-state index in [0.717, 1.165) is 0 Å². The molecule has 0 heterocycles. The maximum atomic E-state index is 12.3. The highest BCUT2D eigenvalue weighted by Gasteiger charge is 2.25. The molecule has 0 radical (unpaired) electrons. The van der Waals surface area contributed by atoms with Gasteiger partial charge in [0.2, 0.25) is 5.91 Å². The molecule has 1 aromatic rings. The second-order valence-electron chi connectivity index (χ2n) is 5.29. The summed E-state index contributed by atoms with van der Waals surface area (Å²) in [6, 6.07) is 5.89. The summed E-state index contributed by atoms with van der Waals surface area (Å²) in [5.41, 5.74) is 0.308. The van der Waals surface area contributed by atoms with Crippen LogP contribution < -0.4 is 10.6 Å². The molecule has 2 amide bonds. The van der Waals surface area contributed by atoms with Crippen LogP contribution >= 0.6 is 11.6 Å². The monoisotopic (exact) mass is 340 g/mol. The van der Waals surface area contributed by atoms with Gasteiger partial charge in [0.15, 0.2) is 0 Å². The number of ether oxygens (including phenoxy) is 1. The van der Waals surface area contributed by atoms with E-state index >= 15 is 0 Å². The lowest BCUT2D eigenvalue weighted by Gasteiger charge is -2.22. The molecule has 7 heteroatoms. The number of nitrogens with one attached hydrogen (secondary N) is 2. The van der Waals surface area contributed by atoms with Crippen LogP contribution in [0.25, 0.3) is 0 Å². The maximum absolute atomic E-state index is 12.3. The zero-order chi connectivity index (χ0) is 17.4. The second kappa shape index (κ2) is 9.15. The van der Waals surface area contributed by atoms with E-state index in [-0.39, 0.29) is 24.8 Å². The van der Waals surface area contributed by atoms with Gasteiger partial charge in [-0.05, 0) is 18.1 Å². The van der Waals surface area contributed by atoms with E-state index < -0.39 is 17.9 Å². The van der Waals surface area contributed by atoms with Crippen LogP contribution in [-0.4, -0.2) is 37.5 Å². The summed E-state index contributed by atoms with van der Waals surface area (Å²) in [5, 5.41) is 5.61. The molecular weight excluding hydrogens is 320 g/mol. The topological polar surface area (TPSA) is 84.5 Å². The highest BCUT2D eigenvalue weighted by molar-refractivity contribution is 6.33. The van der Waals surface area contributed by atoms with Gasteiger partial charge >= 0.3 is 5.97 Å². The van der Waals surface area contributed by atoms with E-state index in [0.29, 0.717) is 10.6 Å². The Morgan fingerprint density at radius 3 is 2.43 bits per heavy atom. The molecule has 23 heavy (non-hydrogen) atoms. The van der Waals surface area contributed by atoms with Crippen LogP contribution in [0.15, 0.2) is 24.3 Å². The summed E-state index contributed by atoms with van der Waals surface area (Å²) in [4.78, 5) is 35.5. The van der Waals surface area contributed by atoms with E-state index in [4.69, 9.17) is 11.6 Å². The van der Waals surface area contributed by atoms with E-state index in [1.54, 1.807) is 24.3 Å². The van der Waals surface area contributed by atoms with Gasteiger partial charge in [0, 0.05) is 6.54 Å². The van der Waals surface area contributed by atoms with Crippen LogP contribution in [0.5, 0.6) is 0 Å². The number of benzene rings is 1. The molecule has 6 nitrogen and oxygen atoms in total. The molecule has 2 N–H and O–H groups in total. The van der Waals surface area contributed by atoms with Crippen molar-refractivity contribution >= 4 is 29.4 Å². The number of esters is 1. The van der Waals surface area contributed by atoms with Crippen LogP contribution in [0.4, 0.5) is 0 Å². The molecule has 0 aliphatic rings. The van der Waals surface area contributed by atoms with Crippen molar-refractivity contribution in [1.29, 1.82) is 0 Å². The molecule has 0 spiro atoms. The third-order valence-electron chi connectivity index (χ3n) is 3.21. The lowest BCUT2D eigenvalue weighted by Crippen LogP contribution is -2.50. The van der Waals surface area contributed by atoms with Crippen molar-refractivity contribution in [2.24, 2.45) is 5.92 Å². The van der Waals surface area contributed by atoms with Crippen molar-refractivity contribution in [2.45, 2.75) is 26.3 Å². The van der Waals surface area contributed by atoms with E-state index in [1.807, 2.05) is 13.8 Å². The van der Waals surface area contributed by atoms with Gasteiger partial charge in [-0.15, -0.1) is 0 Å². The Morgan fingerprint density at radius 1 is 1.22 bits per heavy atom. The van der Waals surface area contributed by atoms with Gasteiger partial charge in [-0.1, -0.05) is 37.6 Å². The van der Waals surface area contributed by atoms with E-state index in [2.05, 4.69) is 15.4 Å². The molecule has 0 saturated carbocycles. The van der Waals surface area contributed by atoms with Crippen molar-refractivity contribution in [3.8, 4) is 0 Å². The fraction of sp³-hybridized carbons (Fsp3) is 0.438. The van der Waals surface area contributed by atoms with Gasteiger partial charge < -0.3 is 15.4 Å². The van der Waals surface area contributed by atoms with Gasteiger partial charge in [0.25, 0.3) is 5.91 Å². The SMILES string of the molecule is COC(=O)CCNC(=O)C(NC(=O)c1ccccc1Cl)C(C)C. The van der Waals surface area contributed by atoms with Gasteiger partial charge in [0.1, 0.15) is 6.04 Å². The summed E-state index contributed by atoms with van der Waals surface area (Å²) in [6.45, 7) is 3.78. The highest BCUT2D eigenvalue weighted by Crippen LogP contribution is 2.15. The fourth-order valence-electron chi connectivity index (χ4n) is 1.90. The Hall–Kier alpha value is -2.08. The zero-order valence-corrected chi connectivity index (χ0v) is 14.1. The second-order valence-corrected chi connectivity index (χ2v) is 5.70. The summed E-state index contributed by atoms with van der Waals surface area (Å²) in [6.07, 6.45) is 0.0749. The number of halogens is 1. The third kappa shape index (κ3) is 5.90. The molecule has 1 atom stereocenters. The predicted molar refractivity (Wildman–Crippen MR) is 87.2 cm³/mol. The first-order chi connectivity index (χ1) is 10.9. The van der Waals surface area contributed by atoms with Crippen LogP contribution in [0.3, 0.4) is 0 Å². The minimum Gasteiger partial charge on any atom is -0.469 e. The summed E-state index contributed by atoms with van der Waals surface area (Å²) >= 11 is 5.98. The van der Waals surface area contributed by atoms with Crippen LogP contribution in [0, 0.1) is 5.92 Å². The minimum atomic E-state index is -0.726. The molecule has 0 aromatic heterocycles. The average molecular weight is 341 g/mol. The normalized spacial score (nSPS) is 11.7. The Bertz CT molecular complexity index is 575. The van der Waals surface area contributed by atoms with Gasteiger partial charge in [-0.2, -0.15) is 0 Å². The Labute approximate surface area is 140 Å². The van der Waals surface area contributed by atoms with E-state index in [1.165, 1.54) is 7.11 Å². The molecule has 126 valence electrons. The van der Waals surface area contributed by atoms with Crippen molar-refractivity contribution in [3.05, 3.63) is 34.9 Å². The lowest BCUT2D eigenvalue weighted by atomic mass is 10.0. The summed E-state index contributed by atoms with van der Waals surface area (Å²) < 4.78 is 4.50. The molecule has 1 aromatic carbocycles. The molecular formula is C16H21ClN2O4. The molecule has 0 fully saturated rings. The van der Waals surface area contributed by atoms with Gasteiger partial charge in [-0.3, -0.25) is 14.4 Å². The third-order valence-corrected chi connectivity index (χ3v) is 3.54. The quantitative estimate of drug-likeness (QED) is 0.741. The van der Waals surface area contributed by atoms with E-state index in [9.17, 15) is 14.4 Å². The summed E-state index contributed by atoms with van der Waals surface area (Å²) in [5.74, 6) is -1.31. The first kappa shape index (κ1) is 19.0. The zero-order valence-electron chi connectivity index (χ0n) is 13.4. The van der Waals surface area contributed by atoms with Crippen LogP contribution in [0.2, 0.25) is 5.02 Å². The Morgan fingerprint density at radius 2 is 1.87 bits per heavy atom. The largest absolute Gasteiger partial charge is 0.469 e. The molecule has 1 rings (SSSR count). The molecule has 1 unspecified atom stereocenters. The fourth-order valence-corrected chi connectivity index (χ4v) is 2.12. The number of hydrogen-bond acceptors (Lipinski definition) is 4. The first-order valence-corrected chi connectivity index (χ1v) is 7.64. The number of rotatable bonds is 7. The van der Waals surface area contributed by atoms with Gasteiger partial charge in [-0.25, -0.2) is 0 Å². The number of hydrogen-bond donors (Lipinski definition) is 2. The standard InChI is InChI=1S/C16H21ClN2O4/c1-10(2)14(16(22)18-9-8-13(20)23-3)19-15(21)11-6-4-5-7-12(11)17/h4-7,10,14H,8-9H2,1-3H3,(H,18,22)(H,19,21). The first-order valence-electron chi connectivity index (χ1n) is 7.26. The van der Waals surface area contributed by atoms with Gasteiger partial charge in [0.05, 0.1) is 24.1 Å². The predicted octanol–water partition coefficient (Wildman–Crippen LogP) is 1.77. The lowest BCUT2D eigenvalue weighted by molar-refractivity contribution is -0.140. The van der Waals surface area contributed by atoms with Crippen molar-refractivity contribution in [1.82, 2.24) is 10.6 Å². The number of carbonyl (C=O) groups is 3. The molecule has 0 aliphatic heterocycles. The average Bonchev–Trinajstić information content (AvgIpc) is 2.52. The van der Waals surface area contributed by atoms with Crippen molar-refractivity contribution in [3.63, 3.8) is 0 Å². The van der Waals surface area contributed by atoms with Crippen molar-refractivity contribution < 1.29 is 19.1 Å². The number of amides is 2. The highest BCUT2D eigenvalue weighted by atomic mass is 35.5. The van der Waals surface area contributed by atoms with Crippen molar-refractivity contribution in [2.75, 3.05) is 13.7 Å². The number of carbonyl (C=O) groups excluding carboxylic acids is 3. The molecule has 0 aliphatic carbocycles. The van der Waals surface area contributed by atoms with Crippen LogP contribution in [-0.2, 0) is 14.3 Å². The smallest absolute Gasteiger partial charge is 0.307 e. The number of methoxy groups -OCH3 is 1. The Kier molecular flexibility index (Phi) is 7.54. The van der Waals surface area contributed by atoms with Crippen LogP contribution in [0.1, 0.15) is 30.6 Å². The minimum absolute atomic E-state index is 0.0749. The molecule has 0 saturated heterocycles.